The summed E-state index contributed by atoms with van der Waals surface area (Å²) in [4.78, 5) is 23.3. The van der Waals surface area contributed by atoms with Crippen molar-refractivity contribution < 1.29 is 24.2 Å². The number of methoxy groups -OCH3 is 1. The normalized spacial score (nSPS) is 18.6. The summed E-state index contributed by atoms with van der Waals surface area (Å²) in [5, 5.41) is 11.6. The third-order valence-electron chi connectivity index (χ3n) is 4.79. The fraction of sp³-hybridized carbons (Fsp3) is 0.200. The van der Waals surface area contributed by atoms with E-state index in [1.54, 1.807) is 12.1 Å². The maximum atomic E-state index is 12.3. The Balaban J connectivity index is 1.73. The van der Waals surface area contributed by atoms with Crippen LogP contribution in [0, 0.1) is 0 Å². The zero-order valence-corrected chi connectivity index (χ0v) is 14.1. The zero-order chi connectivity index (χ0) is 18.3. The third kappa shape index (κ3) is 2.60. The van der Waals surface area contributed by atoms with E-state index in [2.05, 4.69) is 5.32 Å². The summed E-state index contributed by atoms with van der Waals surface area (Å²) in [6.45, 7) is 0. The molecule has 0 aromatic heterocycles. The summed E-state index contributed by atoms with van der Waals surface area (Å²) in [5.41, 5.74) is 2.22. The highest BCUT2D eigenvalue weighted by Gasteiger charge is 2.45. The molecule has 1 saturated carbocycles. The van der Waals surface area contributed by atoms with Gasteiger partial charge in [0.05, 0.1) is 12.6 Å². The molecule has 1 heterocycles. The number of para-hydroxylation sites is 1. The smallest absolute Gasteiger partial charge is 0.405 e. The number of carboxylic acid groups (broad SMARTS) is 1. The second-order valence-corrected chi connectivity index (χ2v) is 6.38. The minimum atomic E-state index is -1.03. The molecule has 4 rings (SSSR count). The van der Waals surface area contributed by atoms with Gasteiger partial charge in [0.1, 0.15) is 17.1 Å². The average Bonchev–Trinajstić information content (AvgIpc) is 3.32. The number of nitrogens with one attached hydrogen (secondary N) is 1. The van der Waals surface area contributed by atoms with Gasteiger partial charge in [-0.15, -0.1) is 0 Å². The Bertz CT molecular complexity index is 925. The van der Waals surface area contributed by atoms with E-state index < -0.39 is 17.6 Å². The van der Waals surface area contributed by atoms with Gasteiger partial charge in [-0.3, -0.25) is 0 Å². The Morgan fingerprint density at radius 2 is 1.85 bits per heavy atom. The highest BCUT2D eigenvalue weighted by atomic mass is 16.5. The molecule has 0 bridgehead atoms. The van der Waals surface area contributed by atoms with Crippen LogP contribution >= 0.6 is 0 Å². The average molecular weight is 351 g/mol. The van der Waals surface area contributed by atoms with Crippen molar-refractivity contribution in [2.75, 3.05) is 7.11 Å². The Morgan fingerprint density at radius 3 is 2.46 bits per heavy atom. The van der Waals surface area contributed by atoms with Gasteiger partial charge in [-0.05, 0) is 24.5 Å². The summed E-state index contributed by atoms with van der Waals surface area (Å²) in [7, 11) is 1.51. The first-order chi connectivity index (χ1) is 12.5. The molecule has 0 atom stereocenters. The molecule has 26 heavy (non-hydrogen) atoms. The number of rotatable bonds is 4. The number of esters is 1. The molecule has 0 radical (unpaired) electrons. The first-order valence-electron chi connectivity index (χ1n) is 8.26. The standard InChI is InChI=1S/C20H17NO5/c1-25-17(16-14-4-2-3-5-15(14)26-18(16)22)12-6-8-13(9-7-12)20(10-11-20)21-19(23)24/h2-9,21H,10-11H2,1H3,(H,23,24). The lowest BCUT2D eigenvalue weighted by molar-refractivity contribution is -0.127. The lowest BCUT2D eigenvalue weighted by Gasteiger charge is -2.16. The molecule has 6 heteroatoms. The molecule has 0 saturated heterocycles. The van der Waals surface area contributed by atoms with Crippen LogP contribution in [-0.2, 0) is 15.1 Å². The predicted molar refractivity (Wildman–Crippen MR) is 94.4 cm³/mol. The van der Waals surface area contributed by atoms with Gasteiger partial charge < -0.3 is 19.9 Å². The SMILES string of the molecule is COC(=C1C(=O)Oc2ccccc21)c1ccc(C2(NC(=O)O)CC2)cc1. The van der Waals surface area contributed by atoms with Gasteiger partial charge in [0.25, 0.3) is 0 Å². The fourth-order valence-corrected chi connectivity index (χ4v) is 3.36. The fourth-order valence-electron chi connectivity index (χ4n) is 3.36. The van der Waals surface area contributed by atoms with E-state index in [-0.39, 0.29) is 0 Å². The molecule has 1 fully saturated rings. The predicted octanol–water partition coefficient (Wildman–Crippen LogP) is 3.38. The van der Waals surface area contributed by atoms with E-state index >= 15 is 0 Å². The van der Waals surface area contributed by atoms with Gasteiger partial charge in [0.15, 0.2) is 0 Å². The maximum absolute atomic E-state index is 12.3. The van der Waals surface area contributed by atoms with Gasteiger partial charge in [-0.25, -0.2) is 9.59 Å². The number of ether oxygens (including phenoxy) is 2. The van der Waals surface area contributed by atoms with Crippen LogP contribution in [0.3, 0.4) is 0 Å². The van der Waals surface area contributed by atoms with Crippen molar-refractivity contribution in [1.29, 1.82) is 0 Å². The summed E-state index contributed by atoms with van der Waals surface area (Å²) < 4.78 is 10.8. The lowest BCUT2D eigenvalue weighted by Crippen LogP contribution is -2.33. The van der Waals surface area contributed by atoms with Crippen molar-refractivity contribution >= 4 is 23.4 Å². The molecule has 1 aliphatic heterocycles. The van der Waals surface area contributed by atoms with Crippen molar-refractivity contribution in [1.82, 2.24) is 5.32 Å². The first-order valence-corrected chi connectivity index (χ1v) is 8.26. The van der Waals surface area contributed by atoms with Crippen LogP contribution in [0.5, 0.6) is 5.75 Å². The molecule has 6 nitrogen and oxygen atoms in total. The number of hydrogen-bond acceptors (Lipinski definition) is 4. The van der Waals surface area contributed by atoms with Crippen molar-refractivity contribution in [3.63, 3.8) is 0 Å². The highest BCUT2D eigenvalue weighted by Crippen LogP contribution is 2.46. The molecule has 2 N–H and O–H groups in total. The number of carbonyl (C=O) groups excluding carboxylic acids is 1. The zero-order valence-electron chi connectivity index (χ0n) is 14.1. The van der Waals surface area contributed by atoms with E-state index in [0.717, 1.165) is 24.0 Å². The van der Waals surface area contributed by atoms with Gasteiger partial charge >= 0.3 is 12.1 Å². The van der Waals surface area contributed by atoms with E-state index in [1.165, 1.54) is 7.11 Å². The number of fused-ring (bicyclic) bond motifs is 1. The van der Waals surface area contributed by atoms with Gasteiger partial charge in [0, 0.05) is 11.1 Å². The molecule has 132 valence electrons. The van der Waals surface area contributed by atoms with Crippen LogP contribution in [0.25, 0.3) is 11.3 Å². The topological polar surface area (TPSA) is 84.9 Å². The second kappa shape index (κ2) is 5.91. The largest absolute Gasteiger partial charge is 0.495 e. The van der Waals surface area contributed by atoms with Crippen molar-refractivity contribution in [2.24, 2.45) is 0 Å². The monoisotopic (exact) mass is 351 g/mol. The third-order valence-corrected chi connectivity index (χ3v) is 4.79. The molecular weight excluding hydrogens is 334 g/mol. The maximum Gasteiger partial charge on any atom is 0.405 e. The number of benzene rings is 2. The van der Waals surface area contributed by atoms with Crippen LogP contribution in [0.15, 0.2) is 48.5 Å². The summed E-state index contributed by atoms with van der Waals surface area (Å²) >= 11 is 0. The summed E-state index contributed by atoms with van der Waals surface area (Å²) in [6.07, 6.45) is 0.518. The molecule has 0 unspecified atom stereocenters. The summed E-state index contributed by atoms with van der Waals surface area (Å²) in [6, 6.07) is 14.6. The molecule has 2 aromatic rings. The Labute approximate surface area is 150 Å². The molecule has 2 aromatic carbocycles. The highest BCUT2D eigenvalue weighted by molar-refractivity contribution is 6.27. The van der Waals surface area contributed by atoms with Gasteiger partial charge in [-0.2, -0.15) is 0 Å². The van der Waals surface area contributed by atoms with Crippen molar-refractivity contribution in [2.45, 2.75) is 18.4 Å². The van der Waals surface area contributed by atoms with Crippen molar-refractivity contribution in [3.05, 3.63) is 65.2 Å². The molecular formula is C20H17NO5. The molecule has 1 aliphatic carbocycles. The molecule has 1 amide bonds. The van der Waals surface area contributed by atoms with Crippen molar-refractivity contribution in [3.8, 4) is 5.75 Å². The van der Waals surface area contributed by atoms with Crippen LogP contribution < -0.4 is 10.1 Å². The minimum absolute atomic E-state index is 0.389. The van der Waals surface area contributed by atoms with E-state index in [9.17, 15) is 9.59 Å². The van der Waals surface area contributed by atoms with Crippen LogP contribution in [0.4, 0.5) is 4.79 Å². The van der Waals surface area contributed by atoms with E-state index in [4.69, 9.17) is 14.6 Å². The van der Waals surface area contributed by atoms with Crippen LogP contribution in [0.2, 0.25) is 0 Å². The number of amides is 1. The Kier molecular flexibility index (Phi) is 3.68. The van der Waals surface area contributed by atoms with Crippen LogP contribution in [-0.4, -0.2) is 24.3 Å². The molecule has 0 spiro atoms. The molecule has 2 aliphatic rings. The minimum Gasteiger partial charge on any atom is -0.495 e. The van der Waals surface area contributed by atoms with E-state index in [0.29, 0.717) is 22.6 Å². The van der Waals surface area contributed by atoms with Gasteiger partial charge in [-0.1, -0.05) is 42.5 Å². The van der Waals surface area contributed by atoms with E-state index in [1.807, 2.05) is 36.4 Å². The summed E-state index contributed by atoms with van der Waals surface area (Å²) in [5.74, 6) is 0.502. The first kappa shape index (κ1) is 16.2. The Hall–Kier alpha value is -3.28. The van der Waals surface area contributed by atoms with Gasteiger partial charge in [0.2, 0.25) is 0 Å². The number of carbonyl (C=O) groups is 2. The number of hydrogen-bond donors (Lipinski definition) is 2. The quantitative estimate of drug-likeness (QED) is 0.382. The second-order valence-electron chi connectivity index (χ2n) is 6.38. The Morgan fingerprint density at radius 1 is 1.15 bits per heavy atom. The lowest BCUT2D eigenvalue weighted by atomic mass is 9.98. The van der Waals surface area contributed by atoms with Crippen LogP contribution in [0.1, 0.15) is 29.5 Å².